The lowest BCUT2D eigenvalue weighted by Gasteiger charge is -2.32. The average Bonchev–Trinajstić information content (AvgIpc) is 3.43. The number of amides is 2. The predicted octanol–water partition coefficient (Wildman–Crippen LogP) is 2.65. The molecule has 4 rings (SSSR count). The molecule has 3 heterocycles. The quantitative estimate of drug-likeness (QED) is 0.581. The maximum atomic E-state index is 13.3. The minimum Gasteiger partial charge on any atom is -0.339 e. The molecule has 1 fully saturated rings. The molecule has 1 saturated carbocycles. The number of pyridine rings is 1. The lowest BCUT2D eigenvalue weighted by Crippen LogP contribution is -2.49. The molecule has 10 heteroatoms. The van der Waals surface area contributed by atoms with Gasteiger partial charge < -0.3 is 10.6 Å². The van der Waals surface area contributed by atoms with Crippen LogP contribution < -0.4 is 10.6 Å². The second-order valence-corrected chi connectivity index (χ2v) is 8.87. The molecule has 0 radical (unpaired) electrons. The second kappa shape index (κ2) is 9.87. The van der Waals surface area contributed by atoms with E-state index in [0.717, 1.165) is 31.2 Å². The lowest BCUT2D eigenvalue weighted by atomic mass is 9.79. The van der Waals surface area contributed by atoms with Crippen LogP contribution in [-0.4, -0.2) is 42.4 Å². The molecule has 0 saturated heterocycles. The van der Waals surface area contributed by atoms with E-state index in [1.165, 1.54) is 10.9 Å². The molecule has 1 aliphatic rings. The van der Waals surface area contributed by atoms with E-state index < -0.39 is 6.04 Å². The van der Waals surface area contributed by atoms with Gasteiger partial charge in [0.25, 0.3) is 5.91 Å². The van der Waals surface area contributed by atoms with Crippen LogP contribution in [0.3, 0.4) is 0 Å². The zero-order valence-electron chi connectivity index (χ0n) is 19.5. The molecular weight excluding hydrogens is 432 g/mol. The molecule has 0 aromatic carbocycles. The van der Waals surface area contributed by atoms with Gasteiger partial charge in [0.2, 0.25) is 5.91 Å². The van der Waals surface area contributed by atoms with Crippen LogP contribution in [0.1, 0.15) is 48.7 Å². The number of hydrogen-bond donors (Lipinski definition) is 2. The smallest absolute Gasteiger partial charge is 0.270 e. The van der Waals surface area contributed by atoms with Gasteiger partial charge in [0.05, 0.1) is 17.5 Å². The van der Waals surface area contributed by atoms with E-state index >= 15 is 0 Å². The van der Waals surface area contributed by atoms with Crippen molar-refractivity contribution in [2.24, 2.45) is 25.9 Å². The molecule has 1 atom stereocenters. The number of nitriles is 1. The summed E-state index contributed by atoms with van der Waals surface area (Å²) in [5.74, 6) is 0.404. The molecule has 0 aliphatic heterocycles. The van der Waals surface area contributed by atoms with E-state index in [2.05, 4.69) is 38.8 Å². The summed E-state index contributed by atoms with van der Waals surface area (Å²) < 4.78 is 3.10. The number of nitrogens with zero attached hydrogens (tertiary/aromatic N) is 6. The van der Waals surface area contributed by atoms with Gasteiger partial charge in [-0.3, -0.25) is 19.0 Å². The normalized spacial score (nSPS) is 18.6. The second-order valence-electron chi connectivity index (χ2n) is 8.87. The number of nitrogens with one attached hydrogen (secondary N) is 2. The van der Waals surface area contributed by atoms with Crippen LogP contribution in [0.2, 0.25) is 0 Å². The van der Waals surface area contributed by atoms with Gasteiger partial charge in [0.15, 0.2) is 0 Å². The molecule has 0 spiro atoms. The summed E-state index contributed by atoms with van der Waals surface area (Å²) in [6.07, 6.45) is 8.44. The highest BCUT2D eigenvalue weighted by Gasteiger charge is 2.33. The minimum absolute atomic E-state index is 0.0419. The van der Waals surface area contributed by atoms with Crippen LogP contribution >= 0.6 is 0 Å². The van der Waals surface area contributed by atoms with Crippen LogP contribution in [0.15, 0.2) is 36.8 Å². The fourth-order valence-corrected chi connectivity index (χ4v) is 4.50. The van der Waals surface area contributed by atoms with E-state index in [1.807, 2.05) is 0 Å². The molecule has 2 amide bonds. The van der Waals surface area contributed by atoms with Crippen molar-refractivity contribution < 1.29 is 9.59 Å². The fourth-order valence-electron chi connectivity index (χ4n) is 4.50. The average molecular weight is 461 g/mol. The number of aromatic nitrogens is 5. The molecular formula is C24H28N8O2. The summed E-state index contributed by atoms with van der Waals surface area (Å²) >= 11 is 0. The molecule has 176 valence electrons. The summed E-state index contributed by atoms with van der Waals surface area (Å²) in [7, 11) is 3.45. The molecule has 3 aromatic heterocycles. The Bertz CT molecular complexity index is 1210. The van der Waals surface area contributed by atoms with E-state index in [9.17, 15) is 14.9 Å². The first-order valence-electron chi connectivity index (χ1n) is 11.4. The number of aryl methyl sites for hydroxylation is 2. The van der Waals surface area contributed by atoms with E-state index in [-0.39, 0.29) is 17.7 Å². The minimum atomic E-state index is -0.682. The molecule has 1 unspecified atom stereocenters. The third kappa shape index (κ3) is 4.83. The van der Waals surface area contributed by atoms with Gasteiger partial charge in [-0.15, -0.1) is 0 Å². The summed E-state index contributed by atoms with van der Waals surface area (Å²) in [6, 6.07) is 6.54. The largest absolute Gasteiger partial charge is 0.339 e. The molecule has 34 heavy (non-hydrogen) atoms. The van der Waals surface area contributed by atoms with Crippen molar-refractivity contribution in [1.29, 1.82) is 5.26 Å². The van der Waals surface area contributed by atoms with Gasteiger partial charge in [0, 0.05) is 32.1 Å². The molecule has 1 aliphatic carbocycles. The predicted molar refractivity (Wildman–Crippen MR) is 125 cm³/mol. The van der Waals surface area contributed by atoms with Crippen molar-refractivity contribution in [3.05, 3.63) is 48.0 Å². The number of carbonyl (C=O) groups is 2. The van der Waals surface area contributed by atoms with Gasteiger partial charge >= 0.3 is 0 Å². The van der Waals surface area contributed by atoms with Crippen molar-refractivity contribution in [2.45, 2.75) is 38.6 Å². The van der Waals surface area contributed by atoms with Crippen LogP contribution in [0.5, 0.6) is 0 Å². The van der Waals surface area contributed by atoms with Gasteiger partial charge in [0.1, 0.15) is 23.6 Å². The van der Waals surface area contributed by atoms with Gasteiger partial charge in [-0.1, -0.05) is 19.8 Å². The van der Waals surface area contributed by atoms with Crippen molar-refractivity contribution in [3.63, 3.8) is 0 Å². The summed E-state index contributed by atoms with van der Waals surface area (Å²) in [4.78, 5) is 30.5. The maximum absolute atomic E-state index is 13.3. The van der Waals surface area contributed by atoms with Gasteiger partial charge in [-0.05, 0) is 42.9 Å². The number of carbonyl (C=O) groups excluding carboxylic acids is 2. The zero-order chi connectivity index (χ0) is 24.2. The SMILES string of the molecule is CC1CCC(C(NC(=O)c2ccnn2C)C(=O)Nc2ccc(-c3c(C#N)cnn3C)cn2)CC1. The van der Waals surface area contributed by atoms with Crippen LogP contribution in [0.25, 0.3) is 11.3 Å². The Morgan fingerprint density at radius 3 is 2.47 bits per heavy atom. The first kappa shape index (κ1) is 23.2. The third-order valence-electron chi connectivity index (χ3n) is 6.50. The Hall–Kier alpha value is -4.00. The molecule has 10 nitrogen and oxygen atoms in total. The lowest BCUT2D eigenvalue weighted by molar-refractivity contribution is -0.119. The first-order valence-corrected chi connectivity index (χ1v) is 11.4. The van der Waals surface area contributed by atoms with Crippen LogP contribution in [-0.2, 0) is 18.9 Å². The van der Waals surface area contributed by atoms with E-state index in [1.54, 1.807) is 49.4 Å². The molecule has 2 N–H and O–H groups in total. The van der Waals surface area contributed by atoms with E-state index in [0.29, 0.717) is 28.7 Å². The highest BCUT2D eigenvalue weighted by atomic mass is 16.2. The highest BCUT2D eigenvalue weighted by Crippen LogP contribution is 2.31. The van der Waals surface area contributed by atoms with Crippen molar-refractivity contribution >= 4 is 17.6 Å². The van der Waals surface area contributed by atoms with Crippen LogP contribution in [0, 0.1) is 23.2 Å². The standard InChI is InChI=1S/C24H28N8O2/c1-15-4-6-16(7-5-15)21(30-23(33)19-10-11-27-31(19)2)24(34)29-20-9-8-17(13-26-20)22-18(12-25)14-28-32(22)3/h8-11,13-16,21H,4-7H2,1-3H3,(H,30,33)(H,26,29,34). The van der Waals surface area contributed by atoms with Crippen molar-refractivity contribution in [2.75, 3.05) is 5.32 Å². The topological polar surface area (TPSA) is 131 Å². The van der Waals surface area contributed by atoms with Crippen LogP contribution in [0.4, 0.5) is 5.82 Å². The molecule has 3 aromatic rings. The molecule has 0 bridgehead atoms. The Kier molecular flexibility index (Phi) is 6.72. The number of anilines is 1. The Morgan fingerprint density at radius 1 is 1.09 bits per heavy atom. The maximum Gasteiger partial charge on any atom is 0.270 e. The Morgan fingerprint density at radius 2 is 1.85 bits per heavy atom. The van der Waals surface area contributed by atoms with Crippen molar-refractivity contribution in [3.8, 4) is 17.3 Å². The van der Waals surface area contributed by atoms with Crippen molar-refractivity contribution in [1.82, 2.24) is 29.9 Å². The first-order chi connectivity index (χ1) is 16.4. The Balaban J connectivity index is 1.52. The van der Waals surface area contributed by atoms with Gasteiger partial charge in [-0.25, -0.2) is 4.98 Å². The summed E-state index contributed by atoms with van der Waals surface area (Å²) in [5.41, 5.74) is 2.22. The zero-order valence-corrected chi connectivity index (χ0v) is 19.5. The van der Waals surface area contributed by atoms with Gasteiger partial charge in [-0.2, -0.15) is 15.5 Å². The third-order valence-corrected chi connectivity index (χ3v) is 6.50. The number of rotatable bonds is 6. The summed E-state index contributed by atoms with van der Waals surface area (Å²) in [6.45, 7) is 2.21. The van der Waals surface area contributed by atoms with E-state index in [4.69, 9.17) is 0 Å². The number of hydrogen-bond acceptors (Lipinski definition) is 6. The Labute approximate surface area is 198 Å². The monoisotopic (exact) mass is 460 g/mol. The highest BCUT2D eigenvalue weighted by molar-refractivity contribution is 6.00. The fraction of sp³-hybridized carbons (Fsp3) is 0.417. The summed E-state index contributed by atoms with van der Waals surface area (Å²) in [5, 5.41) is 23.3.